The number of hydrogen-bond acceptors (Lipinski definition) is 4. The number of nitrogens with zero attached hydrogens (tertiary/aromatic N) is 1. The Morgan fingerprint density at radius 1 is 1.12 bits per heavy atom. The molecule has 0 radical (unpaired) electrons. The van der Waals surface area contributed by atoms with Crippen molar-refractivity contribution in [2.24, 2.45) is 5.41 Å². The second-order valence-corrected chi connectivity index (χ2v) is 11.7. The molecule has 1 amide bonds. The van der Waals surface area contributed by atoms with Crippen LogP contribution in [0.25, 0.3) is 0 Å². The van der Waals surface area contributed by atoms with Gasteiger partial charge >= 0.3 is 6.09 Å². The number of hydrogen-bond donors (Lipinski definition) is 2. The topological polar surface area (TPSA) is 70.0 Å². The van der Waals surface area contributed by atoms with Crippen LogP contribution in [0, 0.1) is 5.41 Å². The number of rotatable bonds is 3. The Bertz CT molecular complexity index is 669. The second-order valence-electron chi connectivity index (χ2n) is 9.78. The average molecular weight is 384 g/mol. The van der Waals surface area contributed by atoms with E-state index >= 15 is 0 Å². The summed E-state index contributed by atoms with van der Waals surface area (Å²) in [7, 11) is -3.52. The molecule has 6 heteroatoms. The molecule has 0 saturated heterocycles. The third-order valence-corrected chi connectivity index (χ3v) is 6.65. The minimum Gasteiger partial charge on any atom is -0.443 e. The summed E-state index contributed by atoms with van der Waals surface area (Å²) in [4.78, 5) is 13.0. The van der Waals surface area contributed by atoms with Gasteiger partial charge in [0.1, 0.15) is 5.60 Å². The van der Waals surface area contributed by atoms with Gasteiger partial charge in [0.25, 0.3) is 0 Å². The van der Waals surface area contributed by atoms with Crippen LogP contribution >= 0.6 is 10.8 Å². The maximum absolute atomic E-state index is 12.7. The van der Waals surface area contributed by atoms with Gasteiger partial charge in [0, 0.05) is 0 Å². The monoisotopic (exact) mass is 383 g/mol. The first kappa shape index (κ1) is 21.1. The van der Waals surface area contributed by atoms with Crippen LogP contribution in [-0.4, -0.2) is 30.6 Å². The molecule has 0 aliphatic heterocycles. The van der Waals surface area contributed by atoms with Crippen LogP contribution in [0.1, 0.15) is 73.3 Å². The third kappa shape index (κ3) is 4.53. The molecule has 0 bridgehead atoms. The Morgan fingerprint density at radius 2 is 1.58 bits per heavy atom. The Balaban J connectivity index is 2.32. The lowest BCUT2D eigenvalue weighted by molar-refractivity contribution is 0.0260. The van der Waals surface area contributed by atoms with Gasteiger partial charge in [-0.3, -0.25) is 9.11 Å². The maximum Gasteiger partial charge on any atom is 0.429 e. The van der Waals surface area contributed by atoms with Crippen molar-refractivity contribution in [3.63, 3.8) is 0 Å². The SMILES string of the molecule is CC(C)(C)OC(=O)N(C(C)(C)C)S(O)(O)c1ccc(C2CC2(C)C)cc1. The molecule has 1 saturated carbocycles. The van der Waals surface area contributed by atoms with Crippen LogP contribution in [0.4, 0.5) is 4.79 Å². The largest absolute Gasteiger partial charge is 0.443 e. The van der Waals surface area contributed by atoms with E-state index in [-0.39, 0.29) is 0 Å². The molecule has 0 heterocycles. The average Bonchev–Trinajstić information content (AvgIpc) is 3.03. The summed E-state index contributed by atoms with van der Waals surface area (Å²) in [5.74, 6) is 0.503. The standard InChI is InChI=1S/C20H33NO4S/c1-18(2,3)21(17(22)25-19(4,5)6)26(23,24)15-11-9-14(10-12-15)16-13-20(16,7)8/h9-12,16,23-24H,13H2,1-8H3. The molecule has 2 rings (SSSR count). The van der Waals surface area contributed by atoms with Crippen LogP contribution in [0.2, 0.25) is 0 Å². The Kier molecular flexibility index (Phi) is 5.21. The summed E-state index contributed by atoms with van der Waals surface area (Å²) in [6.45, 7) is 15.0. The van der Waals surface area contributed by atoms with E-state index in [1.165, 1.54) is 5.56 Å². The van der Waals surface area contributed by atoms with Gasteiger partial charge in [-0.15, -0.1) is 0 Å². The van der Waals surface area contributed by atoms with Gasteiger partial charge in [0.2, 0.25) is 0 Å². The van der Waals surface area contributed by atoms with Crippen molar-refractivity contribution in [3.05, 3.63) is 29.8 Å². The molecule has 148 valence electrons. The lowest BCUT2D eigenvalue weighted by Gasteiger charge is -2.49. The first-order chi connectivity index (χ1) is 11.6. The van der Waals surface area contributed by atoms with Crippen molar-refractivity contribution in [1.29, 1.82) is 0 Å². The predicted molar refractivity (Wildman–Crippen MR) is 107 cm³/mol. The van der Waals surface area contributed by atoms with Crippen molar-refractivity contribution >= 4 is 16.9 Å². The molecule has 0 aromatic heterocycles. The maximum atomic E-state index is 12.7. The van der Waals surface area contributed by atoms with Crippen LogP contribution in [0.5, 0.6) is 0 Å². The number of benzene rings is 1. The van der Waals surface area contributed by atoms with Gasteiger partial charge in [-0.2, -0.15) is 4.31 Å². The van der Waals surface area contributed by atoms with E-state index in [4.69, 9.17) is 4.74 Å². The van der Waals surface area contributed by atoms with Gasteiger partial charge < -0.3 is 4.74 Å². The number of carbonyl (C=O) groups is 1. The molecule has 5 nitrogen and oxygen atoms in total. The predicted octanol–water partition coefficient (Wildman–Crippen LogP) is 6.26. The minimum atomic E-state index is -3.52. The van der Waals surface area contributed by atoms with E-state index in [0.29, 0.717) is 16.2 Å². The van der Waals surface area contributed by atoms with E-state index in [1.54, 1.807) is 53.7 Å². The molecule has 1 unspecified atom stereocenters. The highest BCUT2D eigenvalue weighted by atomic mass is 32.3. The molecule has 1 aromatic rings. The lowest BCUT2D eigenvalue weighted by atomic mass is 10.0. The molecule has 26 heavy (non-hydrogen) atoms. The number of carbonyl (C=O) groups excluding carboxylic acids is 1. The molecule has 1 aliphatic carbocycles. The normalized spacial score (nSPS) is 20.5. The number of amides is 1. The van der Waals surface area contributed by atoms with Crippen LogP contribution in [0.3, 0.4) is 0 Å². The van der Waals surface area contributed by atoms with Gasteiger partial charge in [-0.1, -0.05) is 36.8 Å². The van der Waals surface area contributed by atoms with Crippen molar-refractivity contribution in [1.82, 2.24) is 4.31 Å². The van der Waals surface area contributed by atoms with Crippen molar-refractivity contribution in [3.8, 4) is 0 Å². The lowest BCUT2D eigenvalue weighted by Crippen LogP contribution is -2.48. The fourth-order valence-electron chi connectivity index (χ4n) is 3.09. The van der Waals surface area contributed by atoms with Crippen molar-refractivity contribution in [2.45, 2.75) is 83.8 Å². The van der Waals surface area contributed by atoms with Gasteiger partial charge in [-0.05, 0) is 77.0 Å². The Hall–Kier alpha value is -1.24. The third-order valence-electron chi connectivity index (χ3n) is 4.54. The fraction of sp³-hybridized carbons (Fsp3) is 0.650. The first-order valence-electron chi connectivity index (χ1n) is 8.97. The summed E-state index contributed by atoms with van der Waals surface area (Å²) in [6.07, 6.45) is 0.395. The van der Waals surface area contributed by atoms with E-state index < -0.39 is 28.0 Å². The molecule has 1 aromatic carbocycles. The molecular formula is C20H33NO4S. The van der Waals surface area contributed by atoms with Crippen LogP contribution in [-0.2, 0) is 4.74 Å². The second kappa shape index (κ2) is 6.43. The fourth-order valence-corrected chi connectivity index (χ4v) is 4.81. The molecule has 0 spiro atoms. The zero-order valence-electron chi connectivity index (χ0n) is 17.2. The van der Waals surface area contributed by atoms with Gasteiger partial charge in [-0.25, -0.2) is 4.79 Å². The number of ether oxygens (including phenoxy) is 1. The van der Waals surface area contributed by atoms with Crippen molar-refractivity contribution < 1.29 is 18.6 Å². The zero-order valence-corrected chi connectivity index (χ0v) is 18.0. The van der Waals surface area contributed by atoms with E-state index in [1.807, 2.05) is 12.1 Å². The smallest absolute Gasteiger partial charge is 0.429 e. The zero-order chi connectivity index (χ0) is 20.1. The summed E-state index contributed by atoms with van der Waals surface area (Å²) < 4.78 is 28.4. The van der Waals surface area contributed by atoms with Gasteiger partial charge in [0.15, 0.2) is 0 Å². The van der Waals surface area contributed by atoms with Crippen LogP contribution in [0.15, 0.2) is 29.2 Å². The summed E-state index contributed by atoms with van der Waals surface area (Å²) >= 11 is 0. The Morgan fingerprint density at radius 3 is 1.92 bits per heavy atom. The van der Waals surface area contributed by atoms with E-state index in [9.17, 15) is 13.9 Å². The quantitative estimate of drug-likeness (QED) is 0.646. The highest BCUT2D eigenvalue weighted by Gasteiger charge is 2.46. The van der Waals surface area contributed by atoms with Crippen LogP contribution < -0.4 is 0 Å². The molecule has 1 aliphatic rings. The molecule has 2 N–H and O–H groups in total. The first-order valence-corrected chi connectivity index (χ1v) is 10.5. The van der Waals surface area contributed by atoms with E-state index in [0.717, 1.165) is 10.7 Å². The summed E-state index contributed by atoms with van der Waals surface area (Å²) in [5.41, 5.74) is -0.0539. The minimum absolute atomic E-state index is 0.303. The highest BCUT2D eigenvalue weighted by Crippen LogP contribution is 2.60. The Labute approximate surface area is 159 Å². The van der Waals surface area contributed by atoms with Crippen molar-refractivity contribution in [2.75, 3.05) is 0 Å². The summed E-state index contributed by atoms with van der Waals surface area (Å²) in [6, 6.07) is 7.28. The highest BCUT2D eigenvalue weighted by molar-refractivity contribution is 8.22. The molecule has 1 atom stereocenters. The van der Waals surface area contributed by atoms with Gasteiger partial charge in [0.05, 0.1) is 10.4 Å². The molecular weight excluding hydrogens is 350 g/mol. The molecule has 1 fully saturated rings. The van der Waals surface area contributed by atoms with E-state index in [2.05, 4.69) is 13.8 Å². The summed E-state index contributed by atoms with van der Waals surface area (Å²) in [5, 5.41) is 0.